The van der Waals surface area contributed by atoms with Crippen molar-refractivity contribution in [3.63, 3.8) is 0 Å². The van der Waals surface area contributed by atoms with Crippen molar-refractivity contribution in [1.29, 1.82) is 0 Å². The quantitative estimate of drug-likeness (QED) is 0.740. The van der Waals surface area contributed by atoms with E-state index in [0.717, 1.165) is 30.6 Å². The molecule has 1 aliphatic rings. The van der Waals surface area contributed by atoms with Crippen LogP contribution in [0.1, 0.15) is 11.3 Å². The van der Waals surface area contributed by atoms with E-state index in [9.17, 15) is 4.79 Å². The number of aryl methyl sites for hydroxylation is 1. The number of methoxy groups -OCH3 is 1. The van der Waals surface area contributed by atoms with Crippen molar-refractivity contribution < 1.29 is 4.74 Å². The topological polar surface area (TPSA) is 63.1 Å². The predicted molar refractivity (Wildman–Crippen MR) is 94.3 cm³/mol. The average Bonchev–Trinajstić information content (AvgIpc) is 2.89. The zero-order chi connectivity index (χ0) is 16.7. The highest BCUT2D eigenvalue weighted by atomic mass is 32.2. The third-order valence-electron chi connectivity index (χ3n) is 4.47. The van der Waals surface area contributed by atoms with E-state index in [1.807, 2.05) is 23.7 Å². The molecule has 4 rings (SSSR count). The monoisotopic (exact) mass is 342 g/mol. The first-order valence-corrected chi connectivity index (χ1v) is 8.55. The number of H-pyrrole nitrogens is 1. The van der Waals surface area contributed by atoms with Crippen molar-refractivity contribution in [3.8, 4) is 5.75 Å². The lowest BCUT2D eigenvalue weighted by Crippen LogP contribution is -2.25. The molecule has 0 aliphatic carbocycles. The molecule has 3 heterocycles. The Morgan fingerprint density at radius 2 is 2.08 bits per heavy atom. The second-order valence-corrected chi connectivity index (χ2v) is 7.00. The van der Waals surface area contributed by atoms with Gasteiger partial charge in [0, 0.05) is 29.6 Å². The first-order chi connectivity index (χ1) is 11.7. The van der Waals surface area contributed by atoms with Gasteiger partial charge in [-0.15, -0.1) is 0 Å². The summed E-state index contributed by atoms with van der Waals surface area (Å²) in [6.07, 6.45) is 2.68. The fourth-order valence-electron chi connectivity index (χ4n) is 3.27. The van der Waals surface area contributed by atoms with Gasteiger partial charge in [-0.2, -0.15) is 5.10 Å². The van der Waals surface area contributed by atoms with Crippen LogP contribution in [0.2, 0.25) is 0 Å². The second kappa shape index (κ2) is 5.99. The number of hydrogen-bond acceptors (Lipinski definition) is 5. The molecule has 124 valence electrons. The maximum absolute atomic E-state index is 12.1. The van der Waals surface area contributed by atoms with E-state index in [2.05, 4.69) is 26.6 Å². The summed E-state index contributed by atoms with van der Waals surface area (Å²) in [5, 5.41) is 7.46. The largest absolute Gasteiger partial charge is 0.497 e. The summed E-state index contributed by atoms with van der Waals surface area (Å²) < 4.78 is 9.53. The number of nitrogens with one attached hydrogen (secondary N) is 1. The molecule has 0 spiro atoms. The zero-order valence-electron chi connectivity index (χ0n) is 13.6. The number of rotatable bonds is 3. The predicted octanol–water partition coefficient (Wildman–Crippen LogP) is 2.34. The third kappa shape index (κ3) is 2.50. The molecule has 3 aromatic rings. The van der Waals surface area contributed by atoms with Crippen LogP contribution < -0.4 is 10.3 Å². The highest BCUT2D eigenvalue weighted by Gasteiger charge is 2.24. The molecule has 1 N–H and O–H groups in total. The van der Waals surface area contributed by atoms with E-state index in [4.69, 9.17) is 4.74 Å². The van der Waals surface area contributed by atoms with Crippen LogP contribution >= 0.6 is 11.9 Å². The Bertz CT molecular complexity index is 946. The number of fused-ring (bicyclic) bond motifs is 3. The molecular formula is C17H18N4O2S. The van der Waals surface area contributed by atoms with Crippen molar-refractivity contribution in [1.82, 2.24) is 19.1 Å². The SMILES string of the molecule is COc1ccc(SN2CCc3c(n(C)c4c(=O)[nH]ncc34)C2)cc1. The molecule has 6 nitrogen and oxygen atoms in total. The number of aromatic nitrogens is 3. The van der Waals surface area contributed by atoms with Gasteiger partial charge in [-0.3, -0.25) is 4.79 Å². The Labute approximate surface area is 143 Å². The van der Waals surface area contributed by atoms with Crippen LogP contribution in [0.25, 0.3) is 10.9 Å². The van der Waals surface area contributed by atoms with E-state index in [1.165, 1.54) is 16.2 Å². The van der Waals surface area contributed by atoms with Gasteiger partial charge in [-0.25, -0.2) is 9.40 Å². The highest BCUT2D eigenvalue weighted by Crippen LogP contribution is 2.33. The van der Waals surface area contributed by atoms with Crippen molar-refractivity contribution in [2.24, 2.45) is 7.05 Å². The summed E-state index contributed by atoms with van der Waals surface area (Å²) >= 11 is 1.73. The molecule has 0 saturated carbocycles. The Balaban J connectivity index is 1.62. The minimum Gasteiger partial charge on any atom is -0.497 e. The Kier molecular flexibility index (Phi) is 3.82. The summed E-state index contributed by atoms with van der Waals surface area (Å²) in [6.45, 7) is 1.74. The lowest BCUT2D eigenvalue weighted by Gasteiger charge is -2.26. The lowest BCUT2D eigenvalue weighted by molar-refractivity contribution is 0.414. The molecule has 0 bridgehead atoms. The van der Waals surface area contributed by atoms with E-state index < -0.39 is 0 Å². The van der Waals surface area contributed by atoms with E-state index in [1.54, 1.807) is 25.3 Å². The maximum atomic E-state index is 12.1. The molecule has 7 heteroatoms. The number of hydrogen-bond donors (Lipinski definition) is 1. The first-order valence-electron chi connectivity index (χ1n) is 7.78. The molecule has 0 saturated heterocycles. The van der Waals surface area contributed by atoms with Gasteiger partial charge in [0.2, 0.25) is 0 Å². The van der Waals surface area contributed by atoms with Crippen LogP contribution in [0, 0.1) is 0 Å². The van der Waals surface area contributed by atoms with Gasteiger partial charge >= 0.3 is 0 Å². The molecule has 0 unspecified atom stereocenters. The highest BCUT2D eigenvalue weighted by molar-refractivity contribution is 7.97. The molecule has 1 aliphatic heterocycles. The summed E-state index contributed by atoms with van der Waals surface area (Å²) in [6, 6.07) is 8.07. The van der Waals surface area contributed by atoms with E-state index in [-0.39, 0.29) is 5.56 Å². The number of ether oxygens (including phenoxy) is 1. The van der Waals surface area contributed by atoms with Crippen molar-refractivity contribution in [2.75, 3.05) is 13.7 Å². The van der Waals surface area contributed by atoms with Gasteiger partial charge in [0.15, 0.2) is 0 Å². The second-order valence-electron chi connectivity index (χ2n) is 5.83. The van der Waals surface area contributed by atoms with Gasteiger partial charge in [0.25, 0.3) is 5.56 Å². The fourth-order valence-corrected chi connectivity index (χ4v) is 4.19. The molecule has 0 radical (unpaired) electrons. The van der Waals surface area contributed by atoms with E-state index in [0.29, 0.717) is 5.52 Å². The van der Waals surface area contributed by atoms with Crippen LogP contribution in [0.4, 0.5) is 0 Å². The normalized spacial score (nSPS) is 14.8. The maximum Gasteiger partial charge on any atom is 0.288 e. The van der Waals surface area contributed by atoms with Crippen LogP contribution in [-0.2, 0) is 20.0 Å². The van der Waals surface area contributed by atoms with Gasteiger partial charge in [0.1, 0.15) is 11.3 Å². The van der Waals surface area contributed by atoms with E-state index >= 15 is 0 Å². The molecule has 0 atom stereocenters. The fraction of sp³-hybridized carbons (Fsp3) is 0.294. The lowest BCUT2D eigenvalue weighted by atomic mass is 10.1. The molecule has 0 fully saturated rings. The summed E-state index contributed by atoms with van der Waals surface area (Å²) in [4.78, 5) is 13.3. The standard InChI is InChI=1S/C17H18N4O2S/c1-20-15-10-21(24-12-5-3-11(23-2)4-6-12)8-7-13(15)14-9-18-19-17(22)16(14)20/h3-6,9H,7-8,10H2,1-2H3,(H,19,22). The Hall–Kier alpha value is -2.25. The van der Waals surface area contributed by atoms with Gasteiger partial charge in [-0.05, 0) is 48.2 Å². The average molecular weight is 342 g/mol. The number of benzene rings is 1. The van der Waals surface area contributed by atoms with Crippen LogP contribution in [0.5, 0.6) is 5.75 Å². The molecule has 24 heavy (non-hydrogen) atoms. The Morgan fingerprint density at radius 1 is 1.29 bits per heavy atom. The summed E-state index contributed by atoms with van der Waals surface area (Å²) in [5.74, 6) is 0.862. The van der Waals surface area contributed by atoms with Crippen molar-refractivity contribution in [3.05, 3.63) is 52.1 Å². The van der Waals surface area contributed by atoms with Gasteiger partial charge in [0.05, 0.1) is 19.9 Å². The molecule has 1 aromatic carbocycles. The summed E-state index contributed by atoms with van der Waals surface area (Å²) in [7, 11) is 3.63. The van der Waals surface area contributed by atoms with Crippen LogP contribution in [-0.4, -0.2) is 32.7 Å². The minimum absolute atomic E-state index is 0.126. The molecule has 2 aromatic heterocycles. The van der Waals surface area contributed by atoms with Crippen molar-refractivity contribution in [2.45, 2.75) is 17.9 Å². The third-order valence-corrected chi connectivity index (χ3v) is 5.53. The van der Waals surface area contributed by atoms with Crippen LogP contribution in [0.3, 0.4) is 0 Å². The van der Waals surface area contributed by atoms with Gasteiger partial charge in [-0.1, -0.05) is 0 Å². The minimum atomic E-state index is -0.126. The number of aromatic amines is 1. The van der Waals surface area contributed by atoms with Gasteiger partial charge < -0.3 is 9.30 Å². The Morgan fingerprint density at radius 3 is 2.83 bits per heavy atom. The first kappa shape index (κ1) is 15.3. The molecular weight excluding hydrogens is 324 g/mol. The summed E-state index contributed by atoms with van der Waals surface area (Å²) in [5.41, 5.74) is 3.03. The number of nitrogens with zero attached hydrogens (tertiary/aromatic N) is 3. The van der Waals surface area contributed by atoms with Crippen LogP contribution in [0.15, 0.2) is 40.2 Å². The smallest absolute Gasteiger partial charge is 0.288 e. The van der Waals surface area contributed by atoms with Crippen molar-refractivity contribution >= 4 is 22.9 Å². The zero-order valence-corrected chi connectivity index (χ0v) is 14.4. The molecule has 0 amide bonds.